The molecule has 0 bridgehead atoms. The van der Waals surface area contributed by atoms with E-state index in [1.807, 2.05) is 0 Å². The smallest absolute Gasteiger partial charge is 0.244 e. The minimum Gasteiger partial charge on any atom is -0.396 e. The minimum absolute atomic E-state index is 0.0570. The Morgan fingerprint density at radius 1 is 1.37 bits per heavy atom. The molecule has 5 nitrogen and oxygen atoms in total. The summed E-state index contributed by atoms with van der Waals surface area (Å²) in [6, 6.07) is 0. The molecule has 0 spiro atoms. The molecule has 27 heavy (non-hydrogen) atoms. The van der Waals surface area contributed by atoms with E-state index in [1.54, 1.807) is 0 Å². The first-order valence-electron chi connectivity index (χ1n) is 10.6. The third-order valence-corrected chi connectivity index (χ3v) is 6.88. The van der Waals surface area contributed by atoms with Crippen LogP contribution in [0.25, 0.3) is 0 Å². The van der Waals surface area contributed by atoms with Gasteiger partial charge in [-0.15, -0.1) is 0 Å². The first-order valence-corrected chi connectivity index (χ1v) is 10.6. The van der Waals surface area contributed by atoms with Crippen molar-refractivity contribution in [3.8, 4) is 0 Å². The predicted molar refractivity (Wildman–Crippen MR) is 111 cm³/mol. The van der Waals surface area contributed by atoms with Crippen molar-refractivity contribution in [2.24, 2.45) is 28.5 Å². The molecule has 2 fully saturated rings. The van der Waals surface area contributed by atoms with Gasteiger partial charge in [0.05, 0.1) is 5.70 Å². The van der Waals surface area contributed by atoms with Crippen LogP contribution in [0.5, 0.6) is 0 Å². The molecule has 152 valence electrons. The van der Waals surface area contributed by atoms with Crippen LogP contribution in [0, 0.1) is 17.8 Å². The molecule has 2 aliphatic carbocycles. The highest BCUT2D eigenvalue weighted by molar-refractivity contribution is 6.07. The fourth-order valence-corrected chi connectivity index (χ4v) is 4.17. The van der Waals surface area contributed by atoms with Crippen LogP contribution in [0.1, 0.15) is 73.1 Å². The highest BCUT2D eigenvalue weighted by atomic mass is 16.2. The second-order valence-electron chi connectivity index (χ2n) is 8.65. The number of hydrogen-bond donors (Lipinski definition) is 1. The van der Waals surface area contributed by atoms with E-state index in [-0.39, 0.29) is 29.6 Å². The summed E-state index contributed by atoms with van der Waals surface area (Å²) in [5.74, 6) is 1.33. The van der Waals surface area contributed by atoms with Gasteiger partial charge in [-0.3, -0.25) is 14.6 Å². The van der Waals surface area contributed by atoms with Crippen LogP contribution in [0.3, 0.4) is 0 Å². The van der Waals surface area contributed by atoms with Gasteiger partial charge in [0, 0.05) is 23.4 Å². The van der Waals surface area contributed by atoms with Crippen molar-refractivity contribution in [1.82, 2.24) is 4.90 Å². The zero-order chi connectivity index (χ0) is 20.2. The summed E-state index contributed by atoms with van der Waals surface area (Å²) < 4.78 is 0. The van der Waals surface area contributed by atoms with Crippen molar-refractivity contribution in [2.75, 3.05) is 13.1 Å². The third kappa shape index (κ3) is 4.80. The van der Waals surface area contributed by atoms with Crippen molar-refractivity contribution in [3.63, 3.8) is 0 Å². The maximum absolute atomic E-state index is 13.1. The Labute approximate surface area is 164 Å². The molecule has 0 radical (unpaired) electrons. The van der Waals surface area contributed by atoms with Crippen molar-refractivity contribution >= 4 is 17.9 Å². The van der Waals surface area contributed by atoms with E-state index in [0.717, 1.165) is 56.4 Å². The molecule has 0 saturated heterocycles. The topological polar surface area (TPSA) is 75.8 Å². The molecule has 2 rings (SSSR count). The number of aldehydes is 1. The fraction of sp³-hybridized carbons (Fsp3) is 0.773. The van der Waals surface area contributed by atoms with Gasteiger partial charge in [0.25, 0.3) is 0 Å². The third-order valence-electron chi connectivity index (χ3n) is 6.88. The Bertz CT molecular complexity index is 619. The van der Waals surface area contributed by atoms with Gasteiger partial charge < -0.3 is 10.6 Å². The Morgan fingerprint density at radius 3 is 2.56 bits per heavy atom. The largest absolute Gasteiger partial charge is 0.396 e. The number of carbonyl (C=O) groups is 2. The Hall–Kier alpha value is -1.65. The summed E-state index contributed by atoms with van der Waals surface area (Å²) in [7, 11) is 0. The van der Waals surface area contributed by atoms with Gasteiger partial charge in [-0.25, -0.2) is 0 Å². The van der Waals surface area contributed by atoms with Gasteiger partial charge in [-0.2, -0.15) is 0 Å². The van der Waals surface area contributed by atoms with Gasteiger partial charge in [0.2, 0.25) is 5.91 Å². The highest BCUT2D eigenvalue weighted by Gasteiger charge is 2.48. The first kappa shape index (κ1) is 21.6. The van der Waals surface area contributed by atoms with Crippen LogP contribution >= 0.6 is 0 Å². The number of rotatable bonds is 9. The quantitative estimate of drug-likeness (QED) is 0.493. The minimum atomic E-state index is 0.0570. The van der Waals surface area contributed by atoms with Crippen LogP contribution in [0.2, 0.25) is 0 Å². The maximum Gasteiger partial charge on any atom is 0.244 e. The van der Waals surface area contributed by atoms with Crippen LogP contribution in [-0.2, 0) is 9.59 Å². The molecule has 3 atom stereocenters. The van der Waals surface area contributed by atoms with Crippen LogP contribution in [-0.4, -0.2) is 41.4 Å². The van der Waals surface area contributed by atoms with E-state index < -0.39 is 0 Å². The van der Waals surface area contributed by atoms with Gasteiger partial charge in [-0.05, 0) is 49.9 Å². The van der Waals surface area contributed by atoms with Gasteiger partial charge >= 0.3 is 0 Å². The number of carbonyl (C=O) groups excluding carboxylic acids is 2. The molecule has 0 aromatic rings. The summed E-state index contributed by atoms with van der Waals surface area (Å²) in [6.45, 7) is 11.8. The first-order chi connectivity index (χ1) is 12.8. The Morgan fingerprint density at radius 2 is 2.04 bits per heavy atom. The average molecular weight is 376 g/mol. The monoisotopic (exact) mass is 375 g/mol. The zero-order valence-electron chi connectivity index (χ0n) is 17.8. The SMILES string of the molecule is CCC(C)CCN(C(=O)CN=C1C[C@@H](C)C(C)C1=C(N)C=O)C1(CC)CC1. The molecule has 2 saturated carbocycles. The average Bonchev–Trinajstić information content (AvgIpc) is 3.40. The number of amides is 1. The molecule has 1 amide bonds. The van der Waals surface area contributed by atoms with Crippen molar-refractivity contribution < 1.29 is 9.59 Å². The lowest BCUT2D eigenvalue weighted by Gasteiger charge is -2.32. The van der Waals surface area contributed by atoms with E-state index in [9.17, 15) is 9.59 Å². The van der Waals surface area contributed by atoms with Gasteiger partial charge in [0.1, 0.15) is 6.54 Å². The summed E-state index contributed by atoms with van der Waals surface area (Å²) >= 11 is 0. The molecular formula is C22H37N3O2. The number of nitrogens with zero attached hydrogens (tertiary/aromatic N) is 2. The standard InChI is InChI=1S/C22H37N3O2/c1-6-15(3)8-11-25(22(7-2)9-10-22)20(27)13-24-19-12-16(4)17(5)21(19)18(23)14-26/h14-17H,6-13,23H2,1-5H3/t15?,16-,17?/m1/s1. The lowest BCUT2D eigenvalue weighted by molar-refractivity contribution is -0.133. The zero-order valence-corrected chi connectivity index (χ0v) is 17.8. The lowest BCUT2D eigenvalue weighted by Crippen LogP contribution is -2.44. The maximum atomic E-state index is 13.1. The summed E-state index contributed by atoms with van der Waals surface area (Å²) in [4.78, 5) is 31.0. The summed E-state index contributed by atoms with van der Waals surface area (Å²) in [5, 5.41) is 0. The lowest BCUT2D eigenvalue weighted by atomic mass is 9.96. The molecule has 0 aromatic heterocycles. The Kier molecular flexibility index (Phi) is 7.24. The van der Waals surface area contributed by atoms with E-state index in [4.69, 9.17) is 5.73 Å². The molecule has 0 aliphatic heterocycles. The molecule has 5 heteroatoms. The second-order valence-corrected chi connectivity index (χ2v) is 8.65. The molecule has 0 heterocycles. The molecule has 0 aromatic carbocycles. The normalized spacial score (nSPS) is 28.1. The number of allylic oxidation sites excluding steroid dienone is 2. The van der Waals surface area contributed by atoms with E-state index >= 15 is 0 Å². The predicted octanol–water partition coefficient (Wildman–Crippen LogP) is 3.72. The van der Waals surface area contributed by atoms with E-state index in [2.05, 4.69) is 44.5 Å². The number of aliphatic imine (C=N–C) groups is 1. The fourth-order valence-electron chi connectivity index (χ4n) is 4.17. The highest BCUT2D eigenvalue weighted by Crippen LogP contribution is 2.45. The second kappa shape index (κ2) is 9.03. The summed E-state index contributed by atoms with van der Waals surface area (Å²) in [5.41, 5.74) is 7.92. The van der Waals surface area contributed by atoms with Crippen molar-refractivity contribution in [3.05, 3.63) is 11.3 Å². The van der Waals surface area contributed by atoms with Gasteiger partial charge in [-0.1, -0.05) is 41.0 Å². The van der Waals surface area contributed by atoms with Crippen LogP contribution in [0.15, 0.2) is 16.3 Å². The number of nitrogens with two attached hydrogens (primary N) is 1. The molecule has 2 N–H and O–H groups in total. The van der Waals surface area contributed by atoms with Crippen LogP contribution in [0.4, 0.5) is 0 Å². The number of hydrogen-bond acceptors (Lipinski definition) is 4. The summed E-state index contributed by atoms with van der Waals surface area (Å²) in [6.07, 6.45) is 6.87. The van der Waals surface area contributed by atoms with E-state index in [1.165, 1.54) is 0 Å². The molecule has 2 aliphatic rings. The van der Waals surface area contributed by atoms with Crippen LogP contribution < -0.4 is 5.73 Å². The van der Waals surface area contributed by atoms with Crippen molar-refractivity contribution in [2.45, 2.75) is 78.7 Å². The van der Waals surface area contributed by atoms with E-state index in [0.29, 0.717) is 18.1 Å². The van der Waals surface area contributed by atoms with Crippen molar-refractivity contribution in [1.29, 1.82) is 0 Å². The Balaban J connectivity index is 2.14. The van der Waals surface area contributed by atoms with Gasteiger partial charge in [0.15, 0.2) is 6.29 Å². The molecular weight excluding hydrogens is 338 g/mol. The molecule has 2 unspecified atom stereocenters.